The molecule has 1 amide bonds. The highest BCUT2D eigenvalue weighted by Gasteiger charge is 2.24. The van der Waals surface area contributed by atoms with Gasteiger partial charge in [-0.1, -0.05) is 0 Å². The molecule has 0 saturated heterocycles. The van der Waals surface area contributed by atoms with Crippen LogP contribution >= 0.6 is 0 Å². The Kier molecular flexibility index (Phi) is 4.53. The Balaban J connectivity index is 2.97. The maximum atomic E-state index is 13.8. The lowest BCUT2D eigenvalue weighted by atomic mass is 9.86. The van der Waals surface area contributed by atoms with Crippen LogP contribution in [0.3, 0.4) is 0 Å². The SMILES string of the molecule is CC(C)(C)OC(=O)Nc1ccc(F)c(C(C)(C)C=O)c1. The molecule has 0 heterocycles. The Morgan fingerprint density at radius 3 is 2.35 bits per heavy atom. The summed E-state index contributed by atoms with van der Waals surface area (Å²) < 4.78 is 18.9. The molecule has 5 heteroatoms. The smallest absolute Gasteiger partial charge is 0.412 e. The van der Waals surface area contributed by atoms with Crippen molar-refractivity contribution in [2.45, 2.75) is 45.6 Å². The summed E-state index contributed by atoms with van der Waals surface area (Å²) in [4.78, 5) is 22.7. The Labute approximate surface area is 118 Å². The van der Waals surface area contributed by atoms with Crippen molar-refractivity contribution in [2.24, 2.45) is 0 Å². The van der Waals surface area contributed by atoms with E-state index in [1.165, 1.54) is 18.2 Å². The third-order valence-electron chi connectivity index (χ3n) is 2.60. The highest BCUT2D eigenvalue weighted by Crippen LogP contribution is 2.26. The zero-order valence-corrected chi connectivity index (χ0v) is 12.4. The van der Waals surface area contributed by atoms with Gasteiger partial charge in [-0.15, -0.1) is 0 Å². The van der Waals surface area contributed by atoms with Crippen LogP contribution in [0.5, 0.6) is 0 Å². The molecule has 0 saturated carbocycles. The standard InChI is InChI=1S/C15H20FNO3/c1-14(2,3)20-13(19)17-10-6-7-12(16)11(8-10)15(4,5)9-18/h6-9H,1-5H3,(H,17,19). The van der Waals surface area contributed by atoms with E-state index in [4.69, 9.17) is 4.74 Å². The third-order valence-corrected chi connectivity index (χ3v) is 2.60. The molecule has 1 aromatic carbocycles. The van der Waals surface area contributed by atoms with E-state index in [0.29, 0.717) is 12.0 Å². The topological polar surface area (TPSA) is 55.4 Å². The van der Waals surface area contributed by atoms with E-state index in [-0.39, 0.29) is 5.56 Å². The number of nitrogens with one attached hydrogen (secondary N) is 1. The van der Waals surface area contributed by atoms with Crippen LogP contribution in [0.2, 0.25) is 0 Å². The Morgan fingerprint density at radius 2 is 1.85 bits per heavy atom. The second-order valence-corrected chi connectivity index (χ2v) is 6.16. The fourth-order valence-corrected chi connectivity index (χ4v) is 1.58. The van der Waals surface area contributed by atoms with Crippen LogP contribution in [0.4, 0.5) is 14.9 Å². The summed E-state index contributed by atoms with van der Waals surface area (Å²) in [6.07, 6.45) is 0.0434. The minimum absolute atomic E-state index is 0.223. The lowest BCUT2D eigenvalue weighted by Crippen LogP contribution is -2.27. The number of amides is 1. The second kappa shape index (κ2) is 5.61. The largest absolute Gasteiger partial charge is 0.444 e. The lowest BCUT2D eigenvalue weighted by Gasteiger charge is -2.21. The molecule has 4 nitrogen and oxygen atoms in total. The number of anilines is 1. The van der Waals surface area contributed by atoms with Gasteiger partial charge in [0.05, 0.1) is 0 Å². The number of hydrogen-bond donors (Lipinski definition) is 1. The number of ether oxygens (including phenoxy) is 1. The number of benzene rings is 1. The molecule has 0 unspecified atom stereocenters. The molecule has 0 spiro atoms. The van der Waals surface area contributed by atoms with Crippen molar-refractivity contribution < 1.29 is 18.7 Å². The summed E-state index contributed by atoms with van der Waals surface area (Å²) >= 11 is 0. The first kappa shape index (κ1) is 16.1. The zero-order valence-electron chi connectivity index (χ0n) is 12.4. The molecule has 0 bridgehead atoms. The second-order valence-electron chi connectivity index (χ2n) is 6.16. The van der Waals surface area contributed by atoms with E-state index in [1.54, 1.807) is 34.6 Å². The fraction of sp³-hybridized carbons (Fsp3) is 0.467. The van der Waals surface area contributed by atoms with Crippen LogP contribution in [0.15, 0.2) is 18.2 Å². The first-order chi connectivity index (χ1) is 9.05. The van der Waals surface area contributed by atoms with Gasteiger partial charge >= 0.3 is 6.09 Å². The van der Waals surface area contributed by atoms with Gasteiger partial charge in [0.2, 0.25) is 0 Å². The van der Waals surface area contributed by atoms with E-state index in [0.717, 1.165) is 0 Å². The number of aldehydes is 1. The Bertz CT molecular complexity index is 518. The predicted octanol–water partition coefficient (Wildman–Crippen LogP) is 3.65. The molecule has 20 heavy (non-hydrogen) atoms. The number of carbonyl (C=O) groups excluding carboxylic acids is 2. The minimum atomic E-state index is -0.963. The molecule has 0 aliphatic rings. The summed E-state index contributed by atoms with van der Waals surface area (Å²) in [5.74, 6) is -0.489. The van der Waals surface area contributed by atoms with Crippen molar-refractivity contribution >= 4 is 18.1 Å². The molecule has 0 radical (unpaired) electrons. The van der Waals surface area contributed by atoms with Gasteiger partial charge in [0, 0.05) is 16.7 Å². The lowest BCUT2D eigenvalue weighted by molar-refractivity contribution is -0.111. The van der Waals surface area contributed by atoms with Gasteiger partial charge in [0.25, 0.3) is 0 Å². The monoisotopic (exact) mass is 281 g/mol. The molecular weight excluding hydrogens is 261 g/mol. The van der Waals surface area contributed by atoms with Crippen LogP contribution in [-0.2, 0) is 14.9 Å². The average Bonchev–Trinajstić information content (AvgIpc) is 2.29. The Morgan fingerprint density at radius 1 is 1.25 bits per heavy atom. The van der Waals surface area contributed by atoms with Crippen molar-refractivity contribution in [3.8, 4) is 0 Å². The summed E-state index contributed by atoms with van der Waals surface area (Å²) in [6.45, 7) is 8.46. The van der Waals surface area contributed by atoms with Crippen LogP contribution in [0, 0.1) is 5.82 Å². The van der Waals surface area contributed by atoms with Crippen LogP contribution < -0.4 is 5.32 Å². The molecule has 1 N–H and O–H groups in total. The molecule has 0 aliphatic heterocycles. The van der Waals surface area contributed by atoms with Crippen LogP contribution in [0.1, 0.15) is 40.2 Å². The van der Waals surface area contributed by atoms with Crippen molar-refractivity contribution in [3.63, 3.8) is 0 Å². The molecular formula is C15H20FNO3. The molecule has 0 fully saturated rings. The molecule has 1 aromatic rings. The first-order valence-electron chi connectivity index (χ1n) is 6.31. The molecule has 0 atom stereocenters. The summed E-state index contributed by atoms with van der Waals surface area (Å²) in [6, 6.07) is 4.07. The highest BCUT2D eigenvalue weighted by molar-refractivity contribution is 5.85. The van der Waals surface area contributed by atoms with E-state index in [9.17, 15) is 14.0 Å². The zero-order chi connectivity index (χ0) is 15.6. The third kappa shape index (κ3) is 4.33. The predicted molar refractivity (Wildman–Crippen MR) is 75.3 cm³/mol. The van der Waals surface area contributed by atoms with E-state index < -0.39 is 22.9 Å². The first-order valence-corrected chi connectivity index (χ1v) is 6.31. The van der Waals surface area contributed by atoms with Crippen molar-refractivity contribution in [2.75, 3.05) is 5.32 Å². The van der Waals surface area contributed by atoms with Crippen LogP contribution in [0.25, 0.3) is 0 Å². The molecule has 0 aliphatic carbocycles. The van der Waals surface area contributed by atoms with Crippen LogP contribution in [-0.4, -0.2) is 18.0 Å². The highest BCUT2D eigenvalue weighted by atomic mass is 19.1. The minimum Gasteiger partial charge on any atom is -0.444 e. The van der Waals surface area contributed by atoms with E-state index in [1.807, 2.05) is 0 Å². The van der Waals surface area contributed by atoms with E-state index >= 15 is 0 Å². The number of halogens is 1. The van der Waals surface area contributed by atoms with Gasteiger partial charge in [-0.25, -0.2) is 9.18 Å². The summed E-state index contributed by atoms with van der Waals surface area (Å²) in [5.41, 5.74) is -0.975. The van der Waals surface area contributed by atoms with Gasteiger partial charge in [-0.3, -0.25) is 5.32 Å². The van der Waals surface area contributed by atoms with Gasteiger partial charge in [0.15, 0.2) is 0 Å². The molecule has 110 valence electrons. The quantitative estimate of drug-likeness (QED) is 0.860. The van der Waals surface area contributed by atoms with Crippen molar-refractivity contribution in [3.05, 3.63) is 29.6 Å². The molecule has 1 rings (SSSR count). The number of rotatable bonds is 3. The Hall–Kier alpha value is -1.91. The summed E-state index contributed by atoms with van der Waals surface area (Å²) in [7, 11) is 0. The maximum absolute atomic E-state index is 13.8. The maximum Gasteiger partial charge on any atom is 0.412 e. The van der Waals surface area contributed by atoms with Gasteiger partial charge in [-0.05, 0) is 52.8 Å². The van der Waals surface area contributed by atoms with E-state index in [2.05, 4.69) is 5.32 Å². The number of hydrogen-bond acceptors (Lipinski definition) is 3. The normalized spacial score (nSPS) is 11.9. The summed E-state index contributed by atoms with van der Waals surface area (Å²) in [5, 5.41) is 2.52. The van der Waals surface area contributed by atoms with Crippen molar-refractivity contribution in [1.29, 1.82) is 0 Å². The molecule has 0 aromatic heterocycles. The van der Waals surface area contributed by atoms with Gasteiger partial charge in [0.1, 0.15) is 17.7 Å². The average molecular weight is 281 g/mol. The van der Waals surface area contributed by atoms with Gasteiger partial charge < -0.3 is 9.53 Å². The number of carbonyl (C=O) groups is 2. The fourth-order valence-electron chi connectivity index (χ4n) is 1.58. The van der Waals surface area contributed by atoms with Crippen molar-refractivity contribution in [1.82, 2.24) is 0 Å². The van der Waals surface area contributed by atoms with Gasteiger partial charge in [-0.2, -0.15) is 0 Å².